The van der Waals surface area contributed by atoms with Gasteiger partial charge < -0.3 is 10.1 Å². The zero-order chi connectivity index (χ0) is 18.3. The van der Waals surface area contributed by atoms with Crippen molar-refractivity contribution in [1.29, 1.82) is 0 Å². The van der Waals surface area contributed by atoms with Crippen LogP contribution in [0.4, 0.5) is 24.7 Å². The van der Waals surface area contributed by atoms with Gasteiger partial charge in [-0.05, 0) is 18.2 Å². The van der Waals surface area contributed by atoms with Crippen LogP contribution in [0.25, 0.3) is 11.1 Å². The molecular weight excluding hydrogens is 345 g/mol. The first kappa shape index (κ1) is 16.4. The van der Waals surface area contributed by atoms with E-state index in [2.05, 4.69) is 15.4 Å². The number of nitrogens with zero attached hydrogens (tertiary/aromatic N) is 3. The van der Waals surface area contributed by atoms with Gasteiger partial charge in [-0.25, -0.2) is 4.98 Å². The van der Waals surface area contributed by atoms with Gasteiger partial charge in [-0.2, -0.15) is 18.3 Å². The first-order chi connectivity index (χ1) is 12.4. The fraction of sp³-hybridized carbons (Fsp3) is 0.222. The number of halogens is 3. The highest BCUT2D eigenvalue weighted by Gasteiger charge is 2.30. The van der Waals surface area contributed by atoms with Crippen molar-refractivity contribution in [3.05, 3.63) is 54.0 Å². The van der Waals surface area contributed by atoms with Crippen molar-refractivity contribution in [3.8, 4) is 16.9 Å². The Kier molecular flexibility index (Phi) is 3.82. The lowest BCUT2D eigenvalue weighted by atomic mass is 10.0. The molecule has 0 radical (unpaired) electrons. The summed E-state index contributed by atoms with van der Waals surface area (Å²) in [5.41, 5.74) is 2.40. The zero-order valence-corrected chi connectivity index (χ0v) is 13.8. The fourth-order valence-electron chi connectivity index (χ4n) is 3.00. The summed E-state index contributed by atoms with van der Waals surface area (Å²) in [7, 11) is 1.83. The number of aryl methyl sites for hydroxylation is 1. The van der Waals surface area contributed by atoms with Gasteiger partial charge in [0.15, 0.2) is 11.6 Å². The smallest absolute Gasteiger partial charge is 0.416 e. The number of fused-ring (bicyclic) bond motifs is 1. The molecule has 0 unspecified atom stereocenters. The third-order valence-electron chi connectivity index (χ3n) is 4.20. The van der Waals surface area contributed by atoms with E-state index in [9.17, 15) is 13.2 Å². The van der Waals surface area contributed by atoms with Gasteiger partial charge in [0, 0.05) is 48.2 Å². The first-order valence-corrected chi connectivity index (χ1v) is 8.00. The average molecular weight is 360 g/mol. The molecule has 0 atom stereocenters. The average Bonchev–Trinajstić information content (AvgIpc) is 3.24. The van der Waals surface area contributed by atoms with Crippen LogP contribution in [0.15, 0.2) is 42.9 Å². The molecule has 2 aromatic heterocycles. The second-order valence-electron chi connectivity index (χ2n) is 6.03. The lowest BCUT2D eigenvalue weighted by Crippen LogP contribution is -2.05. The Balaban J connectivity index is 1.70. The van der Waals surface area contributed by atoms with Crippen LogP contribution in [0.5, 0.6) is 5.75 Å². The number of nitrogens with one attached hydrogen (secondary N) is 1. The lowest BCUT2D eigenvalue weighted by molar-refractivity contribution is -0.137. The number of benzene rings is 1. The highest BCUT2D eigenvalue weighted by atomic mass is 19.4. The summed E-state index contributed by atoms with van der Waals surface area (Å²) >= 11 is 0. The molecule has 3 aromatic rings. The van der Waals surface area contributed by atoms with Gasteiger partial charge in [0.2, 0.25) is 0 Å². The van der Waals surface area contributed by atoms with Crippen LogP contribution >= 0.6 is 0 Å². The lowest BCUT2D eigenvalue weighted by Gasteiger charge is -2.13. The van der Waals surface area contributed by atoms with E-state index in [1.165, 1.54) is 6.07 Å². The van der Waals surface area contributed by atoms with Crippen molar-refractivity contribution in [1.82, 2.24) is 14.8 Å². The Labute approximate surface area is 147 Å². The molecule has 0 spiro atoms. The van der Waals surface area contributed by atoms with Gasteiger partial charge in [0.1, 0.15) is 0 Å². The van der Waals surface area contributed by atoms with Crippen LogP contribution in [0.1, 0.15) is 11.1 Å². The van der Waals surface area contributed by atoms with Crippen molar-refractivity contribution in [2.75, 3.05) is 11.9 Å². The third kappa shape index (κ3) is 2.98. The van der Waals surface area contributed by atoms with E-state index >= 15 is 0 Å². The second-order valence-corrected chi connectivity index (χ2v) is 6.03. The van der Waals surface area contributed by atoms with Gasteiger partial charge >= 0.3 is 6.18 Å². The van der Waals surface area contributed by atoms with E-state index in [4.69, 9.17) is 4.74 Å². The molecule has 5 nitrogen and oxygen atoms in total. The normalized spacial score (nSPS) is 13.4. The van der Waals surface area contributed by atoms with Crippen molar-refractivity contribution in [2.45, 2.75) is 12.6 Å². The van der Waals surface area contributed by atoms with E-state index in [0.717, 1.165) is 28.8 Å². The molecule has 1 aliphatic heterocycles. The van der Waals surface area contributed by atoms with E-state index in [-0.39, 0.29) is 0 Å². The first-order valence-electron chi connectivity index (χ1n) is 8.00. The van der Waals surface area contributed by atoms with Crippen LogP contribution in [0.2, 0.25) is 0 Å². The summed E-state index contributed by atoms with van der Waals surface area (Å²) in [6.07, 6.45) is 1.64. The molecular formula is C18H15F3N4O. The van der Waals surface area contributed by atoms with Gasteiger partial charge in [0.05, 0.1) is 18.4 Å². The predicted octanol–water partition coefficient (Wildman–Crippen LogP) is 4.18. The predicted molar refractivity (Wildman–Crippen MR) is 90.4 cm³/mol. The minimum absolute atomic E-state index is 0.305. The highest BCUT2D eigenvalue weighted by molar-refractivity contribution is 5.75. The topological polar surface area (TPSA) is 52.0 Å². The third-order valence-corrected chi connectivity index (χ3v) is 4.20. The van der Waals surface area contributed by atoms with E-state index in [0.29, 0.717) is 30.3 Å². The van der Waals surface area contributed by atoms with E-state index in [1.807, 2.05) is 13.2 Å². The van der Waals surface area contributed by atoms with E-state index < -0.39 is 11.7 Å². The fourth-order valence-corrected chi connectivity index (χ4v) is 3.00. The molecule has 1 aromatic carbocycles. The molecule has 0 bridgehead atoms. The number of alkyl halides is 3. The van der Waals surface area contributed by atoms with Crippen molar-refractivity contribution in [3.63, 3.8) is 0 Å². The number of aromatic nitrogens is 3. The minimum Gasteiger partial charge on any atom is -0.489 e. The Bertz CT molecular complexity index is 965. The molecule has 0 amide bonds. The standard InChI is InChI=1S/C18H15F3N4O/c1-25-10-11(8-23-25)15-9-22-17(16-14(15)5-6-26-16)24-13-4-2-3-12(7-13)18(19,20)21/h2-4,7-10H,5-6H2,1H3,(H,22,24). The number of ether oxygens (including phenoxy) is 1. The summed E-state index contributed by atoms with van der Waals surface area (Å²) in [6.45, 7) is 0.506. The maximum Gasteiger partial charge on any atom is 0.416 e. The summed E-state index contributed by atoms with van der Waals surface area (Å²) in [4.78, 5) is 4.37. The quantitative estimate of drug-likeness (QED) is 0.761. The summed E-state index contributed by atoms with van der Waals surface area (Å²) in [5, 5.41) is 7.11. The number of pyridine rings is 1. The van der Waals surface area contributed by atoms with Crippen molar-refractivity contribution in [2.24, 2.45) is 7.05 Å². The molecule has 0 aliphatic carbocycles. The van der Waals surface area contributed by atoms with Gasteiger partial charge in [-0.3, -0.25) is 4.68 Å². The summed E-state index contributed by atoms with van der Waals surface area (Å²) < 4.78 is 46.1. The van der Waals surface area contributed by atoms with E-state index in [1.54, 1.807) is 23.1 Å². The van der Waals surface area contributed by atoms with Crippen LogP contribution in [-0.2, 0) is 19.6 Å². The molecule has 3 heterocycles. The maximum atomic E-state index is 12.9. The highest BCUT2D eigenvalue weighted by Crippen LogP contribution is 2.40. The number of anilines is 2. The van der Waals surface area contributed by atoms with Crippen LogP contribution < -0.4 is 10.1 Å². The Hall–Kier alpha value is -3.03. The van der Waals surface area contributed by atoms with Crippen LogP contribution in [-0.4, -0.2) is 21.4 Å². The molecule has 134 valence electrons. The maximum absolute atomic E-state index is 12.9. The molecule has 1 N–H and O–H groups in total. The molecule has 0 fully saturated rings. The van der Waals surface area contributed by atoms with Crippen LogP contribution in [0, 0.1) is 0 Å². The minimum atomic E-state index is -4.40. The zero-order valence-electron chi connectivity index (χ0n) is 13.8. The second kappa shape index (κ2) is 6.05. The molecule has 8 heteroatoms. The summed E-state index contributed by atoms with van der Waals surface area (Å²) in [6, 6.07) is 5.01. The molecule has 0 saturated heterocycles. The monoisotopic (exact) mass is 360 g/mol. The molecule has 26 heavy (non-hydrogen) atoms. The molecule has 4 rings (SSSR count). The SMILES string of the molecule is Cn1cc(-c2cnc(Nc3cccc(C(F)(F)F)c3)c3c2CCO3)cn1. The Morgan fingerprint density at radius 2 is 2.08 bits per heavy atom. The molecule has 0 saturated carbocycles. The number of hydrogen-bond donors (Lipinski definition) is 1. The van der Waals surface area contributed by atoms with Gasteiger partial charge in [0.25, 0.3) is 0 Å². The molecule has 1 aliphatic rings. The number of hydrogen-bond acceptors (Lipinski definition) is 4. The van der Waals surface area contributed by atoms with Gasteiger partial charge in [-0.15, -0.1) is 0 Å². The van der Waals surface area contributed by atoms with Crippen molar-refractivity contribution < 1.29 is 17.9 Å². The summed E-state index contributed by atoms with van der Waals surface area (Å²) in [5.74, 6) is 0.980. The number of rotatable bonds is 3. The Morgan fingerprint density at radius 3 is 2.81 bits per heavy atom. The Morgan fingerprint density at radius 1 is 1.23 bits per heavy atom. The van der Waals surface area contributed by atoms with Crippen molar-refractivity contribution >= 4 is 11.5 Å². The van der Waals surface area contributed by atoms with Crippen LogP contribution in [0.3, 0.4) is 0 Å². The van der Waals surface area contributed by atoms with Gasteiger partial charge in [-0.1, -0.05) is 6.07 Å². The largest absolute Gasteiger partial charge is 0.489 e.